The zero-order valence-electron chi connectivity index (χ0n) is 4.18. The highest BCUT2D eigenvalue weighted by Gasteiger charge is 2.43. The van der Waals surface area contributed by atoms with Crippen molar-refractivity contribution in [1.82, 2.24) is 0 Å². The van der Waals surface area contributed by atoms with E-state index in [4.69, 9.17) is 15.3 Å². The topological polar surface area (TPSA) is 60.7 Å². The van der Waals surface area contributed by atoms with Gasteiger partial charge >= 0.3 is 5.97 Å². The Hall–Kier alpha value is 2.07. The molecule has 0 aliphatic heterocycles. The number of aliphatic hydroxyl groups is 3. The maximum absolute atomic E-state index is 8.64. The van der Waals surface area contributed by atoms with Crippen LogP contribution in [0.1, 0.15) is 0 Å². The fraction of sp³-hybridized carbons (Fsp3) is 1.00. The summed E-state index contributed by atoms with van der Waals surface area (Å²) in [5.41, 5.74) is 0. The predicted octanol–water partition coefficient (Wildman–Crippen LogP) is 0.618. The van der Waals surface area contributed by atoms with Gasteiger partial charge in [-0.1, -0.05) is 67.8 Å². The third kappa shape index (κ3) is 3.31. The van der Waals surface area contributed by atoms with Crippen molar-refractivity contribution in [2.75, 3.05) is 4.43 Å². The minimum Gasteiger partial charge on any atom is -0.342 e. The fourth-order valence-corrected chi connectivity index (χ4v) is 0.601. The monoisotopic (exact) mass is 470 g/mol. The lowest BCUT2D eigenvalue weighted by Crippen LogP contribution is -2.46. The number of hydrogen-bond acceptors (Lipinski definition) is 3. The standard InChI is InChI=1S/C3H5I3O3/c4-1-2(5,6)3(7,8)9/h7-9H,1H2. The van der Waals surface area contributed by atoms with E-state index < -0.39 is 7.40 Å². The van der Waals surface area contributed by atoms with Gasteiger partial charge < -0.3 is 15.3 Å². The molecule has 0 aromatic carbocycles. The summed E-state index contributed by atoms with van der Waals surface area (Å²) in [7, 11) is 0. The second-order valence-corrected chi connectivity index (χ2v) is 7.98. The van der Waals surface area contributed by atoms with Gasteiger partial charge in [-0.3, -0.25) is 0 Å². The Labute approximate surface area is 93.6 Å². The number of alkyl halides is 3. The lowest BCUT2D eigenvalue weighted by atomic mass is 10.4. The molecule has 0 aliphatic rings. The molecule has 0 rings (SSSR count). The lowest BCUT2D eigenvalue weighted by Gasteiger charge is -2.27. The van der Waals surface area contributed by atoms with E-state index in [1.165, 1.54) is 0 Å². The third-order valence-electron chi connectivity index (χ3n) is 0.659. The molecule has 0 saturated heterocycles. The minimum absolute atomic E-state index is 0.454. The van der Waals surface area contributed by atoms with Gasteiger partial charge in [0.1, 0.15) is 0 Å². The Morgan fingerprint density at radius 1 is 1.11 bits per heavy atom. The minimum atomic E-state index is -2.59. The van der Waals surface area contributed by atoms with Crippen LogP contribution in [-0.2, 0) is 0 Å². The van der Waals surface area contributed by atoms with Crippen LogP contribution in [0.3, 0.4) is 0 Å². The van der Waals surface area contributed by atoms with Gasteiger partial charge in [0.05, 0.1) is 0 Å². The van der Waals surface area contributed by atoms with Gasteiger partial charge in [-0.2, -0.15) is 0 Å². The van der Waals surface area contributed by atoms with Gasteiger partial charge in [-0.05, 0) is 0 Å². The van der Waals surface area contributed by atoms with E-state index in [9.17, 15) is 0 Å². The van der Waals surface area contributed by atoms with E-state index in [1.54, 1.807) is 45.2 Å². The maximum atomic E-state index is 8.64. The van der Waals surface area contributed by atoms with Gasteiger partial charge in [0.2, 0.25) is 0 Å². The van der Waals surface area contributed by atoms with Crippen molar-refractivity contribution in [3.8, 4) is 0 Å². The second-order valence-electron chi connectivity index (χ2n) is 1.47. The van der Waals surface area contributed by atoms with Crippen LogP contribution in [0.4, 0.5) is 0 Å². The molecular weight excluding hydrogens is 465 g/mol. The van der Waals surface area contributed by atoms with Crippen molar-refractivity contribution >= 4 is 67.8 Å². The Morgan fingerprint density at radius 2 is 1.44 bits per heavy atom. The molecule has 0 saturated carbocycles. The highest BCUT2D eigenvalue weighted by molar-refractivity contribution is 14.2. The van der Waals surface area contributed by atoms with Crippen molar-refractivity contribution in [1.29, 1.82) is 0 Å². The van der Waals surface area contributed by atoms with E-state index in [1.807, 2.05) is 22.6 Å². The zero-order valence-corrected chi connectivity index (χ0v) is 10.7. The molecule has 0 spiro atoms. The summed E-state index contributed by atoms with van der Waals surface area (Å²) in [4.78, 5) is 0. The first-order valence-electron chi connectivity index (χ1n) is 1.92. The van der Waals surface area contributed by atoms with Crippen LogP contribution >= 0.6 is 67.8 Å². The molecule has 0 heterocycles. The average Bonchev–Trinajstić information content (AvgIpc) is 1.64. The van der Waals surface area contributed by atoms with Crippen molar-refractivity contribution < 1.29 is 15.3 Å². The summed E-state index contributed by atoms with van der Waals surface area (Å²) >= 11 is 5.51. The molecule has 0 atom stereocenters. The Bertz CT molecular complexity index is 97.0. The van der Waals surface area contributed by atoms with Crippen LogP contribution in [0.25, 0.3) is 0 Å². The molecular formula is C3H5I3O3. The van der Waals surface area contributed by atoms with Crippen LogP contribution in [-0.4, -0.2) is 27.1 Å². The maximum Gasteiger partial charge on any atom is 0.301 e. The number of hydrogen-bond donors (Lipinski definition) is 3. The van der Waals surface area contributed by atoms with Crippen LogP contribution in [0.5, 0.6) is 0 Å². The van der Waals surface area contributed by atoms with Crippen molar-refractivity contribution in [2.24, 2.45) is 0 Å². The van der Waals surface area contributed by atoms with Gasteiger partial charge in [-0.25, -0.2) is 0 Å². The Kier molecular flexibility index (Phi) is 4.49. The summed E-state index contributed by atoms with van der Waals surface area (Å²) in [6.45, 7) is 0. The molecule has 56 valence electrons. The normalized spacial score (nSPS) is 14.0. The van der Waals surface area contributed by atoms with Crippen molar-refractivity contribution in [3.63, 3.8) is 0 Å². The highest BCUT2D eigenvalue weighted by atomic mass is 127. The summed E-state index contributed by atoms with van der Waals surface area (Å²) in [6, 6.07) is 0. The van der Waals surface area contributed by atoms with Crippen LogP contribution in [0, 0.1) is 0 Å². The molecule has 0 aromatic heterocycles. The first-order chi connectivity index (χ1) is 3.81. The van der Waals surface area contributed by atoms with Crippen molar-refractivity contribution in [2.45, 2.75) is 7.40 Å². The second kappa shape index (κ2) is 3.65. The van der Waals surface area contributed by atoms with Crippen molar-refractivity contribution in [3.05, 3.63) is 0 Å². The van der Waals surface area contributed by atoms with Gasteiger partial charge in [0.15, 0.2) is 1.43 Å². The molecule has 0 radical (unpaired) electrons. The fourth-order valence-electron chi connectivity index (χ4n) is 0.0896. The molecule has 0 bridgehead atoms. The first kappa shape index (κ1) is 11.1. The van der Waals surface area contributed by atoms with E-state index in [2.05, 4.69) is 0 Å². The summed E-state index contributed by atoms with van der Waals surface area (Å²) in [5, 5.41) is 25.9. The van der Waals surface area contributed by atoms with E-state index in [0.717, 1.165) is 0 Å². The van der Waals surface area contributed by atoms with Gasteiger partial charge in [0, 0.05) is 4.43 Å². The van der Waals surface area contributed by atoms with E-state index >= 15 is 0 Å². The molecule has 0 fully saturated rings. The van der Waals surface area contributed by atoms with Gasteiger partial charge in [0.25, 0.3) is 0 Å². The van der Waals surface area contributed by atoms with Crippen LogP contribution < -0.4 is 0 Å². The van der Waals surface area contributed by atoms with Crippen LogP contribution in [0.15, 0.2) is 0 Å². The average molecular weight is 470 g/mol. The molecule has 0 unspecified atom stereocenters. The molecule has 0 aliphatic carbocycles. The largest absolute Gasteiger partial charge is 0.342 e. The smallest absolute Gasteiger partial charge is 0.301 e. The summed E-state index contributed by atoms with van der Waals surface area (Å²) in [5.74, 6) is -2.59. The first-order valence-corrected chi connectivity index (χ1v) is 5.60. The Morgan fingerprint density at radius 3 is 1.44 bits per heavy atom. The predicted molar refractivity (Wildman–Crippen MR) is 59.0 cm³/mol. The zero-order chi connectivity index (χ0) is 7.71. The SMILES string of the molecule is OC(O)(O)C(I)(I)CI. The van der Waals surface area contributed by atoms with E-state index in [0.29, 0.717) is 4.43 Å². The lowest BCUT2D eigenvalue weighted by molar-refractivity contribution is -0.307. The highest BCUT2D eigenvalue weighted by Crippen LogP contribution is 2.37. The number of halogens is 3. The molecule has 3 N–H and O–H groups in total. The summed E-state index contributed by atoms with van der Waals surface area (Å²) in [6.07, 6.45) is 0. The van der Waals surface area contributed by atoms with E-state index in [-0.39, 0.29) is 0 Å². The molecule has 9 heavy (non-hydrogen) atoms. The van der Waals surface area contributed by atoms with Crippen LogP contribution in [0.2, 0.25) is 0 Å². The third-order valence-corrected chi connectivity index (χ3v) is 6.93. The summed E-state index contributed by atoms with van der Waals surface area (Å²) < 4.78 is -0.474. The molecule has 3 nitrogen and oxygen atoms in total. The quantitative estimate of drug-likeness (QED) is 0.316. The molecule has 0 aromatic rings. The van der Waals surface area contributed by atoms with Gasteiger partial charge in [-0.15, -0.1) is 0 Å². The number of rotatable bonds is 2. The molecule has 0 amide bonds. The molecule has 6 heteroatoms. The Balaban J connectivity index is 4.14.